The Morgan fingerprint density at radius 1 is 1.21 bits per heavy atom. The van der Waals surface area contributed by atoms with Crippen molar-refractivity contribution < 1.29 is 9.32 Å². The van der Waals surface area contributed by atoms with Crippen molar-refractivity contribution in [3.63, 3.8) is 0 Å². The summed E-state index contributed by atoms with van der Waals surface area (Å²) in [7, 11) is 0. The predicted molar refractivity (Wildman–Crippen MR) is 87.4 cm³/mol. The zero-order valence-corrected chi connectivity index (χ0v) is 14.2. The van der Waals surface area contributed by atoms with E-state index in [1.807, 2.05) is 13.8 Å². The summed E-state index contributed by atoms with van der Waals surface area (Å²) >= 11 is 1.31. The minimum atomic E-state index is -0.407. The minimum Gasteiger partial charge on any atom is -0.339 e. The molecule has 3 aromatic heterocycles. The minimum absolute atomic E-state index is 0.164. The first-order chi connectivity index (χ1) is 11.5. The van der Waals surface area contributed by atoms with Crippen LogP contribution in [0.25, 0.3) is 10.8 Å². The average Bonchev–Trinajstić information content (AvgIpc) is 3.25. The van der Waals surface area contributed by atoms with Crippen molar-refractivity contribution in [2.45, 2.75) is 32.7 Å². The summed E-state index contributed by atoms with van der Waals surface area (Å²) in [5.74, 6) is 1.33. The molecule has 0 aliphatic heterocycles. The molecule has 0 aliphatic rings. The Kier molecular flexibility index (Phi) is 4.61. The number of rotatable bonds is 5. The van der Waals surface area contributed by atoms with Crippen LogP contribution in [0.2, 0.25) is 0 Å². The van der Waals surface area contributed by atoms with E-state index in [0.29, 0.717) is 28.2 Å². The normalized spacial score (nSPS) is 12.3. The number of aromatic nitrogens is 5. The topological polar surface area (TPSA) is 107 Å². The van der Waals surface area contributed by atoms with E-state index in [1.54, 1.807) is 30.8 Å². The van der Waals surface area contributed by atoms with Gasteiger partial charge in [-0.1, -0.05) is 19.0 Å². The largest absolute Gasteiger partial charge is 0.339 e. The highest BCUT2D eigenvalue weighted by atomic mass is 32.1. The van der Waals surface area contributed by atoms with Crippen molar-refractivity contribution in [3.8, 4) is 10.8 Å². The van der Waals surface area contributed by atoms with Crippen LogP contribution in [-0.4, -0.2) is 31.0 Å². The van der Waals surface area contributed by atoms with Crippen LogP contribution in [0, 0.1) is 0 Å². The number of carbonyl (C=O) groups is 1. The van der Waals surface area contributed by atoms with E-state index in [1.165, 1.54) is 11.3 Å². The fraction of sp³-hybridized carbons (Fsp3) is 0.333. The molecule has 1 N–H and O–H groups in total. The Hall–Kier alpha value is -2.68. The lowest BCUT2D eigenvalue weighted by molar-refractivity contribution is 0.0928. The zero-order chi connectivity index (χ0) is 17.1. The molecule has 3 rings (SSSR count). The molecule has 124 valence electrons. The van der Waals surface area contributed by atoms with Gasteiger partial charge in [0, 0.05) is 23.7 Å². The first kappa shape index (κ1) is 16.2. The Morgan fingerprint density at radius 3 is 2.62 bits per heavy atom. The molecular formula is C15H16N6O2S. The van der Waals surface area contributed by atoms with E-state index in [4.69, 9.17) is 4.52 Å². The number of hydrogen-bond acceptors (Lipinski definition) is 8. The molecule has 0 saturated carbocycles. The van der Waals surface area contributed by atoms with E-state index in [0.717, 1.165) is 0 Å². The summed E-state index contributed by atoms with van der Waals surface area (Å²) in [5.41, 5.74) is 0.304. The molecule has 3 aromatic rings. The van der Waals surface area contributed by atoms with Gasteiger partial charge in [-0.25, -0.2) is 15.0 Å². The second kappa shape index (κ2) is 6.83. The third kappa shape index (κ3) is 3.46. The molecule has 3 heterocycles. The predicted octanol–water partition coefficient (Wildman–Crippen LogP) is 2.60. The summed E-state index contributed by atoms with van der Waals surface area (Å²) < 4.78 is 5.19. The molecule has 0 bridgehead atoms. The lowest BCUT2D eigenvalue weighted by Gasteiger charge is -2.07. The lowest BCUT2D eigenvalue weighted by Crippen LogP contribution is -2.27. The Labute approximate surface area is 142 Å². The van der Waals surface area contributed by atoms with E-state index in [9.17, 15) is 4.79 Å². The fourth-order valence-corrected chi connectivity index (χ4v) is 2.63. The van der Waals surface area contributed by atoms with Gasteiger partial charge >= 0.3 is 0 Å². The van der Waals surface area contributed by atoms with Gasteiger partial charge in [0.15, 0.2) is 16.7 Å². The molecular weight excluding hydrogens is 328 g/mol. The summed E-state index contributed by atoms with van der Waals surface area (Å²) in [5, 5.41) is 8.95. The first-order valence-electron chi connectivity index (χ1n) is 7.42. The number of nitrogens with zero attached hydrogens (tertiary/aromatic N) is 5. The van der Waals surface area contributed by atoms with Gasteiger partial charge in [-0.2, -0.15) is 4.98 Å². The molecule has 24 heavy (non-hydrogen) atoms. The fourth-order valence-electron chi connectivity index (χ4n) is 1.88. The maximum atomic E-state index is 12.3. The van der Waals surface area contributed by atoms with Crippen LogP contribution < -0.4 is 5.32 Å². The van der Waals surface area contributed by atoms with Gasteiger partial charge in [-0.05, 0) is 13.0 Å². The Bertz CT molecular complexity index is 829. The van der Waals surface area contributed by atoms with Crippen LogP contribution in [0.3, 0.4) is 0 Å². The van der Waals surface area contributed by atoms with Crippen molar-refractivity contribution in [1.82, 2.24) is 30.4 Å². The SMILES string of the molecule is CC(C)c1noc(C(C)NC(=O)c2csc(-c3ncccn3)n2)n1. The van der Waals surface area contributed by atoms with E-state index >= 15 is 0 Å². The highest BCUT2D eigenvalue weighted by Gasteiger charge is 2.20. The van der Waals surface area contributed by atoms with E-state index in [-0.39, 0.29) is 11.8 Å². The smallest absolute Gasteiger partial charge is 0.271 e. The number of thiazole rings is 1. The zero-order valence-electron chi connectivity index (χ0n) is 13.4. The molecule has 9 heteroatoms. The summed E-state index contributed by atoms with van der Waals surface area (Å²) in [6, 6.07) is 1.32. The lowest BCUT2D eigenvalue weighted by atomic mass is 10.2. The summed E-state index contributed by atoms with van der Waals surface area (Å²) in [6.07, 6.45) is 3.26. The number of amides is 1. The maximum Gasteiger partial charge on any atom is 0.271 e. The monoisotopic (exact) mass is 344 g/mol. The second-order valence-corrected chi connectivity index (χ2v) is 6.31. The molecule has 1 amide bonds. The van der Waals surface area contributed by atoms with Gasteiger partial charge in [-0.3, -0.25) is 4.79 Å². The third-order valence-corrected chi connectivity index (χ3v) is 4.02. The van der Waals surface area contributed by atoms with Crippen LogP contribution in [0.5, 0.6) is 0 Å². The van der Waals surface area contributed by atoms with Crippen LogP contribution in [0.1, 0.15) is 54.9 Å². The highest BCUT2D eigenvalue weighted by Crippen LogP contribution is 2.20. The van der Waals surface area contributed by atoms with Crippen molar-refractivity contribution in [3.05, 3.63) is 41.2 Å². The number of nitrogens with one attached hydrogen (secondary N) is 1. The Morgan fingerprint density at radius 2 is 1.96 bits per heavy atom. The third-order valence-electron chi connectivity index (χ3n) is 3.19. The van der Waals surface area contributed by atoms with Gasteiger partial charge in [0.05, 0.1) is 0 Å². The van der Waals surface area contributed by atoms with Gasteiger partial charge < -0.3 is 9.84 Å². The van der Waals surface area contributed by atoms with Crippen molar-refractivity contribution in [2.24, 2.45) is 0 Å². The Balaban J connectivity index is 1.69. The van der Waals surface area contributed by atoms with Crippen LogP contribution in [0.15, 0.2) is 28.4 Å². The van der Waals surface area contributed by atoms with Gasteiger partial charge in [0.25, 0.3) is 5.91 Å². The quantitative estimate of drug-likeness (QED) is 0.758. The van der Waals surface area contributed by atoms with Gasteiger partial charge in [0.2, 0.25) is 5.89 Å². The van der Waals surface area contributed by atoms with Crippen LogP contribution in [0.4, 0.5) is 0 Å². The summed E-state index contributed by atoms with van der Waals surface area (Å²) in [6.45, 7) is 5.73. The molecule has 8 nitrogen and oxygen atoms in total. The highest BCUT2D eigenvalue weighted by molar-refractivity contribution is 7.13. The molecule has 1 atom stereocenters. The van der Waals surface area contributed by atoms with Crippen molar-refractivity contribution in [2.75, 3.05) is 0 Å². The van der Waals surface area contributed by atoms with E-state index in [2.05, 4.69) is 30.4 Å². The molecule has 0 aliphatic carbocycles. The summed E-state index contributed by atoms with van der Waals surface area (Å²) in [4.78, 5) is 29.1. The molecule has 0 spiro atoms. The molecule has 1 unspecified atom stereocenters. The van der Waals surface area contributed by atoms with Crippen molar-refractivity contribution in [1.29, 1.82) is 0 Å². The van der Waals surface area contributed by atoms with Crippen molar-refractivity contribution >= 4 is 17.2 Å². The molecule has 0 saturated heterocycles. The second-order valence-electron chi connectivity index (χ2n) is 5.45. The number of hydrogen-bond donors (Lipinski definition) is 1. The van der Waals surface area contributed by atoms with Crippen LogP contribution >= 0.6 is 11.3 Å². The van der Waals surface area contributed by atoms with Crippen LogP contribution in [-0.2, 0) is 0 Å². The van der Waals surface area contributed by atoms with Gasteiger partial charge in [0.1, 0.15) is 11.7 Å². The average molecular weight is 344 g/mol. The first-order valence-corrected chi connectivity index (χ1v) is 8.30. The molecule has 0 fully saturated rings. The maximum absolute atomic E-state index is 12.3. The van der Waals surface area contributed by atoms with E-state index < -0.39 is 6.04 Å². The molecule has 0 radical (unpaired) electrons. The van der Waals surface area contributed by atoms with Gasteiger partial charge in [-0.15, -0.1) is 11.3 Å². The standard InChI is InChI=1S/C15H16N6O2S/c1-8(2)11-20-14(23-21-11)9(3)18-13(22)10-7-24-15(19-10)12-16-5-4-6-17-12/h4-9H,1-3H3,(H,18,22). The number of carbonyl (C=O) groups excluding carboxylic acids is 1. The molecule has 0 aromatic carbocycles.